The van der Waals surface area contributed by atoms with Crippen LogP contribution in [0, 0.1) is 5.92 Å². The number of hydrogen-bond donors (Lipinski definition) is 2. The van der Waals surface area contributed by atoms with Crippen LogP contribution in [0.5, 0.6) is 5.88 Å². The van der Waals surface area contributed by atoms with Gasteiger partial charge in [0.15, 0.2) is 0 Å². The Bertz CT molecular complexity index is 954. The summed E-state index contributed by atoms with van der Waals surface area (Å²) in [6, 6.07) is 5.91. The highest BCUT2D eigenvalue weighted by Crippen LogP contribution is 2.33. The molecule has 1 fully saturated rings. The largest absolute Gasteiger partial charge is 0.475 e. The van der Waals surface area contributed by atoms with Crippen LogP contribution in [-0.2, 0) is 0 Å². The lowest BCUT2D eigenvalue weighted by atomic mass is 9.84. The second kappa shape index (κ2) is 6.49. The Hall–Kier alpha value is -2.67. The topological polar surface area (TPSA) is 87.2 Å². The molecule has 4 heterocycles. The molecule has 1 saturated heterocycles. The zero-order valence-corrected chi connectivity index (χ0v) is 16.1. The van der Waals surface area contributed by atoms with E-state index in [4.69, 9.17) is 4.74 Å². The van der Waals surface area contributed by atoms with Gasteiger partial charge in [-0.15, -0.1) is 0 Å². The first-order valence-electron chi connectivity index (χ1n) is 9.26. The van der Waals surface area contributed by atoms with Crippen LogP contribution in [0.1, 0.15) is 27.7 Å². The van der Waals surface area contributed by atoms with Crippen molar-refractivity contribution in [2.75, 3.05) is 18.0 Å². The van der Waals surface area contributed by atoms with Gasteiger partial charge in [0.2, 0.25) is 5.88 Å². The summed E-state index contributed by atoms with van der Waals surface area (Å²) in [5.41, 5.74) is 2.04. The summed E-state index contributed by atoms with van der Waals surface area (Å²) in [5, 5.41) is 18.6. The van der Waals surface area contributed by atoms with Crippen molar-refractivity contribution in [2.45, 2.75) is 39.4 Å². The molecule has 0 atom stereocenters. The van der Waals surface area contributed by atoms with Crippen molar-refractivity contribution >= 4 is 16.7 Å². The summed E-state index contributed by atoms with van der Waals surface area (Å²) >= 11 is 0. The number of anilines is 1. The average molecular weight is 367 g/mol. The normalized spacial score (nSPS) is 15.4. The lowest BCUT2D eigenvalue weighted by molar-refractivity contribution is 0.00439. The summed E-state index contributed by atoms with van der Waals surface area (Å²) in [6.07, 6.45) is 3.61. The minimum absolute atomic E-state index is 0.0629. The molecule has 0 amide bonds. The Labute approximate surface area is 158 Å². The second-order valence-corrected chi connectivity index (χ2v) is 7.97. The van der Waals surface area contributed by atoms with Crippen molar-refractivity contribution in [3.63, 3.8) is 0 Å². The van der Waals surface area contributed by atoms with Gasteiger partial charge < -0.3 is 14.7 Å². The van der Waals surface area contributed by atoms with E-state index in [-0.39, 0.29) is 12.0 Å². The van der Waals surface area contributed by atoms with E-state index in [2.05, 4.69) is 25.1 Å². The number of ether oxygens (including phenoxy) is 1. The minimum atomic E-state index is -0.660. The lowest BCUT2D eigenvalue weighted by Crippen LogP contribution is -2.56. The molecular weight excluding hydrogens is 342 g/mol. The highest BCUT2D eigenvalue weighted by atomic mass is 16.5. The van der Waals surface area contributed by atoms with Crippen molar-refractivity contribution in [1.82, 2.24) is 20.2 Å². The molecule has 1 aliphatic heterocycles. The van der Waals surface area contributed by atoms with Gasteiger partial charge in [0, 0.05) is 42.2 Å². The molecular formula is C20H25N5O2. The molecule has 2 N–H and O–H groups in total. The first-order valence-corrected chi connectivity index (χ1v) is 9.26. The Morgan fingerprint density at radius 1 is 1.26 bits per heavy atom. The molecule has 4 rings (SSSR count). The molecule has 1 aliphatic rings. The van der Waals surface area contributed by atoms with E-state index in [1.807, 2.05) is 45.9 Å². The predicted octanol–water partition coefficient (Wildman–Crippen LogP) is 3.01. The van der Waals surface area contributed by atoms with Crippen LogP contribution in [0.2, 0.25) is 0 Å². The number of nitrogens with zero attached hydrogens (tertiary/aromatic N) is 4. The van der Waals surface area contributed by atoms with Gasteiger partial charge in [-0.3, -0.25) is 5.10 Å². The predicted molar refractivity (Wildman–Crippen MR) is 105 cm³/mol. The van der Waals surface area contributed by atoms with E-state index in [0.29, 0.717) is 5.88 Å². The van der Waals surface area contributed by atoms with E-state index in [0.717, 1.165) is 41.1 Å². The van der Waals surface area contributed by atoms with Crippen molar-refractivity contribution in [3.8, 4) is 17.1 Å². The number of nitrogens with one attached hydrogen (secondary N) is 1. The van der Waals surface area contributed by atoms with Crippen LogP contribution in [0.25, 0.3) is 22.2 Å². The molecule has 3 aromatic rings. The third kappa shape index (κ3) is 3.47. The first kappa shape index (κ1) is 17.7. The van der Waals surface area contributed by atoms with Gasteiger partial charge in [-0.2, -0.15) is 5.10 Å². The molecule has 142 valence electrons. The maximum absolute atomic E-state index is 10.1. The van der Waals surface area contributed by atoms with Crippen molar-refractivity contribution in [2.24, 2.45) is 5.92 Å². The Kier molecular flexibility index (Phi) is 4.26. The van der Waals surface area contributed by atoms with Gasteiger partial charge in [0.1, 0.15) is 11.5 Å². The van der Waals surface area contributed by atoms with Crippen LogP contribution in [0.15, 0.2) is 30.6 Å². The molecule has 3 aromatic heterocycles. The fourth-order valence-electron chi connectivity index (χ4n) is 3.27. The maximum Gasteiger partial charge on any atom is 0.214 e. The molecule has 0 radical (unpaired) electrons. The number of rotatable bonds is 5. The van der Waals surface area contributed by atoms with Gasteiger partial charge in [0.05, 0.1) is 23.4 Å². The molecule has 7 heteroatoms. The van der Waals surface area contributed by atoms with Gasteiger partial charge in [-0.05, 0) is 39.8 Å². The zero-order valence-electron chi connectivity index (χ0n) is 16.1. The Morgan fingerprint density at radius 3 is 2.74 bits per heavy atom. The van der Waals surface area contributed by atoms with Gasteiger partial charge in [-0.1, -0.05) is 0 Å². The SMILES string of the molecule is CC(C)Oc1cc2c(-c3ccnc(N4CC(C(C)(C)O)C4)c3)n[nH]c2cn1. The van der Waals surface area contributed by atoms with E-state index in [9.17, 15) is 5.11 Å². The van der Waals surface area contributed by atoms with Crippen LogP contribution in [0.3, 0.4) is 0 Å². The third-order valence-electron chi connectivity index (χ3n) is 5.00. The summed E-state index contributed by atoms with van der Waals surface area (Å²) < 4.78 is 5.72. The van der Waals surface area contributed by atoms with Crippen LogP contribution < -0.4 is 9.64 Å². The van der Waals surface area contributed by atoms with E-state index < -0.39 is 5.60 Å². The third-order valence-corrected chi connectivity index (χ3v) is 5.00. The number of H-pyrrole nitrogens is 1. The van der Waals surface area contributed by atoms with Crippen LogP contribution in [-0.4, -0.2) is 50.1 Å². The van der Waals surface area contributed by atoms with Gasteiger partial charge >= 0.3 is 0 Å². The lowest BCUT2D eigenvalue weighted by Gasteiger charge is -2.45. The fourth-order valence-corrected chi connectivity index (χ4v) is 3.27. The minimum Gasteiger partial charge on any atom is -0.475 e. The number of aromatic nitrogens is 4. The number of fused-ring (bicyclic) bond motifs is 1. The molecule has 27 heavy (non-hydrogen) atoms. The monoisotopic (exact) mass is 367 g/mol. The standard InChI is InChI=1S/C20H25N5O2/c1-12(2)27-18-8-15-16(9-22-18)23-24-19(15)13-5-6-21-17(7-13)25-10-14(11-25)20(3,4)26/h5-9,12,14,26H,10-11H2,1-4H3,(H,23,24). The maximum atomic E-state index is 10.1. The van der Waals surface area contributed by atoms with E-state index >= 15 is 0 Å². The second-order valence-electron chi connectivity index (χ2n) is 7.97. The smallest absolute Gasteiger partial charge is 0.214 e. The summed E-state index contributed by atoms with van der Waals surface area (Å²) in [4.78, 5) is 11.0. The Balaban J connectivity index is 1.62. The van der Waals surface area contributed by atoms with Crippen molar-refractivity contribution in [3.05, 3.63) is 30.6 Å². The number of pyridine rings is 2. The van der Waals surface area contributed by atoms with Crippen molar-refractivity contribution < 1.29 is 9.84 Å². The number of aromatic amines is 1. The molecule has 0 spiro atoms. The first-order chi connectivity index (χ1) is 12.8. The van der Waals surface area contributed by atoms with Crippen LogP contribution in [0.4, 0.5) is 5.82 Å². The van der Waals surface area contributed by atoms with Gasteiger partial charge in [0.25, 0.3) is 0 Å². The fraction of sp³-hybridized carbons (Fsp3) is 0.450. The molecule has 0 bridgehead atoms. The number of hydrogen-bond acceptors (Lipinski definition) is 6. The quantitative estimate of drug-likeness (QED) is 0.721. The Morgan fingerprint density at radius 2 is 2.04 bits per heavy atom. The van der Waals surface area contributed by atoms with Gasteiger partial charge in [-0.25, -0.2) is 9.97 Å². The molecule has 0 aliphatic carbocycles. The van der Waals surface area contributed by atoms with Crippen molar-refractivity contribution in [1.29, 1.82) is 0 Å². The zero-order chi connectivity index (χ0) is 19.2. The van der Waals surface area contributed by atoms with Crippen LogP contribution >= 0.6 is 0 Å². The summed E-state index contributed by atoms with van der Waals surface area (Å²) in [7, 11) is 0. The average Bonchev–Trinajstić information content (AvgIpc) is 2.95. The highest BCUT2D eigenvalue weighted by molar-refractivity contribution is 5.93. The van der Waals surface area contributed by atoms with E-state index in [1.54, 1.807) is 12.4 Å². The molecule has 7 nitrogen and oxygen atoms in total. The number of aliphatic hydroxyl groups is 1. The highest BCUT2D eigenvalue weighted by Gasteiger charge is 2.38. The summed E-state index contributed by atoms with van der Waals surface area (Å²) in [6.45, 7) is 9.28. The summed E-state index contributed by atoms with van der Waals surface area (Å²) in [5.74, 6) is 1.75. The molecule has 0 saturated carbocycles. The van der Waals surface area contributed by atoms with E-state index in [1.165, 1.54) is 0 Å². The molecule has 0 unspecified atom stereocenters. The molecule has 0 aromatic carbocycles.